The summed E-state index contributed by atoms with van der Waals surface area (Å²) < 4.78 is 16.5. The van der Waals surface area contributed by atoms with Crippen LogP contribution in [0.4, 0.5) is 11.4 Å². The molecule has 7 heteroatoms. The number of carbonyl (C=O) groups excluding carboxylic acids is 2. The first-order valence-electron chi connectivity index (χ1n) is 10.9. The predicted molar refractivity (Wildman–Crippen MR) is 124 cm³/mol. The van der Waals surface area contributed by atoms with E-state index >= 15 is 0 Å². The van der Waals surface area contributed by atoms with Crippen molar-refractivity contribution in [2.45, 2.75) is 51.4 Å². The van der Waals surface area contributed by atoms with Crippen molar-refractivity contribution in [3.8, 4) is 0 Å². The van der Waals surface area contributed by atoms with Crippen molar-refractivity contribution in [3.63, 3.8) is 0 Å². The Morgan fingerprint density at radius 2 is 1.69 bits per heavy atom. The normalized spacial score (nSPS) is 18.4. The molecule has 0 aliphatic heterocycles. The van der Waals surface area contributed by atoms with Crippen molar-refractivity contribution in [3.05, 3.63) is 65.2 Å². The summed E-state index contributed by atoms with van der Waals surface area (Å²) in [6, 6.07) is 11.9. The number of rotatable bonds is 8. The van der Waals surface area contributed by atoms with E-state index in [0.717, 1.165) is 31.2 Å². The highest BCUT2D eigenvalue weighted by Crippen LogP contribution is 2.24. The molecule has 0 heterocycles. The Morgan fingerprint density at radius 3 is 2.34 bits per heavy atom. The number of esters is 2. The van der Waals surface area contributed by atoms with Gasteiger partial charge in [-0.15, -0.1) is 0 Å². The maximum Gasteiger partial charge on any atom is 0.338 e. The first kappa shape index (κ1) is 23.3. The zero-order valence-corrected chi connectivity index (χ0v) is 18.3. The summed E-state index contributed by atoms with van der Waals surface area (Å²) in [5.74, 6) is -0.826. The SMILES string of the molecule is CCOC1CCC(OC(=O)c2ccc(C=CC(=O)OCc3ccc(N)cc3N)cc2)CC1. The molecule has 32 heavy (non-hydrogen) atoms. The molecule has 0 saturated heterocycles. The summed E-state index contributed by atoms with van der Waals surface area (Å²) in [6.45, 7) is 2.77. The molecule has 0 amide bonds. The quantitative estimate of drug-likeness (QED) is 0.362. The Balaban J connectivity index is 1.45. The standard InChI is InChI=1S/C25H30N2O5/c1-2-30-21-10-12-22(13-11-21)32-25(29)18-6-3-17(4-7-18)5-14-24(28)31-16-19-8-9-20(26)15-23(19)27/h3-9,14-15,21-22H,2,10-13,16,26-27H2,1H3. The van der Waals surface area contributed by atoms with Gasteiger partial charge in [-0.3, -0.25) is 0 Å². The van der Waals surface area contributed by atoms with E-state index in [1.54, 1.807) is 48.5 Å². The van der Waals surface area contributed by atoms with E-state index in [4.69, 9.17) is 25.7 Å². The highest BCUT2D eigenvalue weighted by molar-refractivity contribution is 5.90. The van der Waals surface area contributed by atoms with Gasteiger partial charge in [-0.1, -0.05) is 18.2 Å². The first-order chi connectivity index (χ1) is 15.4. The van der Waals surface area contributed by atoms with Crippen LogP contribution >= 0.6 is 0 Å². The number of anilines is 2. The molecular formula is C25H30N2O5. The van der Waals surface area contributed by atoms with E-state index in [0.29, 0.717) is 29.1 Å². The van der Waals surface area contributed by atoms with Gasteiger partial charge in [0.25, 0.3) is 0 Å². The Bertz CT molecular complexity index is 947. The van der Waals surface area contributed by atoms with Crippen molar-refractivity contribution >= 4 is 29.4 Å². The van der Waals surface area contributed by atoms with Gasteiger partial charge in [0.1, 0.15) is 12.7 Å². The summed E-state index contributed by atoms with van der Waals surface area (Å²) in [4.78, 5) is 24.4. The van der Waals surface area contributed by atoms with E-state index in [-0.39, 0.29) is 24.8 Å². The van der Waals surface area contributed by atoms with Crippen molar-refractivity contribution < 1.29 is 23.8 Å². The van der Waals surface area contributed by atoms with E-state index in [1.165, 1.54) is 6.08 Å². The van der Waals surface area contributed by atoms with Gasteiger partial charge in [0.05, 0.1) is 11.7 Å². The molecule has 3 rings (SSSR count). The summed E-state index contributed by atoms with van der Waals surface area (Å²) >= 11 is 0. The van der Waals surface area contributed by atoms with Crippen LogP contribution in [-0.4, -0.2) is 30.8 Å². The Morgan fingerprint density at radius 1 is 1.00 bits per heavy atom. The highest BCUT2D eigenvalue weighted by atomic mass is 16.5. The minimum Gasteiger partial charge on any atom is -0.459 e. The molecule has 1 aliphatic rings. The summed E-state index contributed by atoms with van der Waals surface area (Å²) in [6.07, 6.45) is 6.63. The van der Waals surface area contributed by atoms with E-state index in [9.17, 15) is 9.59 Å². The van der Waals surface area contributed by atoms with Crippen LogP contribution < -0.4 is 11.5 Å². The highest BCUT2D eigenvalue weighted by Gasteiger charge is 2.24. The van der Waals surface area contributed by atoms with Gasteiger partial charge < -0.3 is 25.7 Å². The fourth-order valence-electron chi connectivity index (χ4n) is 3.61. The monoisotopic (exact) mass is 438 g/mol. The molecular weight excluding hydrogens is 408 g/mol. The molecule has 2 aromatic carbocycles. The minimum atomic E-state index is -0.493. The number of benzene rings is 2. The first-order valence-corrected chi connectivity index (χ1v) is 10.9. The van der Waals surface area contributed by atoms with Crippen molar-refractivity contribution in [2.24, 2.45) is 0 Å². The van der Waals surface area contributed by atoms with E-state index in [2.05, 4.69) is 0 Å². The molecule has 4 N–H and O–H groups in total. The molecule has 1 aliphatic carbocycles. The van der Waals surface area contributed by atoms with Gasteiger partial charge in [0.2, 0.25) is 0 Å². The molecule has 1 saturated carbocycles. The molecule has 2 aromatic rings. The summed E-state index contributed by atoms with van der Waals surface area (Å²) in [5.41, 5.74) is 14.5. The second-order valence-electron chi connectivity index (χ2n) is 7.78. The Kier molecular flexibility index (Phi) is 8.27. The molecule has 0 atom stereocenters. The molecule has 0 unspecified atom stereocenters. The molecule has 0 radical (unpaired) electrons. The number of hydrogen-bond donors (Lipinski definition) is 2. The average Bonchev–Trinajstić information content (AvgIpc) is 2.79. The van der Waals surface area contributed by atoms with Crippen molar-refractivity contribution in [2.75, 3.05) is 18.1 Å². The fraction of sp³-hybridized carbons (Fsp3) is 0.360. The zero-order chi connectivity index (χ0) is 22.9. The Labute approximate surface area is 188 Å². The van der Waals surface area contributed by atoms with Crippen LogP contribution in [0.5, 0.6) is 0 Å². The molecule has 0 bridgehead atoms. The van der Waals surface area contributed by atoms with Gasteiger partial charge in [-0.05, 0) is 68.5 Å². The smallest absolute Gasteiger partial charge is 0.338 e. The number of carbonyl (C=O) groups is 2. The third kappa shape index (κ3) is 6.85. The molecule has 7 nitrogen and oxygen atoms in total. The van der Waals surface area contributed by atoms with Crippen molar-refractivity contribution in [1.82, 2.24) is 0 Å². The molecule has 0 aromatic heterocycles. The van der Waals surface area contributed by atoms with Gasteiger partial charge >= 0.3 is 11.9 Å². The van der Waals surface area contributed by atoms with Crippen LogP contribution in [0.2, 0.25) is 0 Å². The minimum absolute atomic E-state index is 0.0621. The number of nitrogens with two attached hydrogens (primary N) is 2. The van der Waals surface area contributed by atoms with Crippen LogP contribution in [0.3, 0.4) is 0 Å². The van der Waals surface area contributed by atoms with Gasteiger partial charge in [-0.2, -0.15) is 0 Å². The topological polar surface area (TPSA) is 114 Å². The lowest BCUT2D eigenvalue weighted by molar-refractivity contribution is -0.138. The van der Waals surface area contributed by atoms with Crippen LogP contribution in [0.15, 0.2) is 48.5 Å². The van der Waals surface area contributed by atoms with Crippen LogP contribution in [0.25, 0.3) is 6.08 Å². The van der Waals surface area contributed by atoms with E-state index in [1.807, 2.05) is 6.92 Å². The number of hydrogen-bond acceptors (Lipinski definition) is 7. The van der Waals surface area contributed by atoms with Crippen molar-refractivity contribution in [1.29, 1.82) is 0 Å². The van der Waals surface area contributed by atoms with Crippen LogP contribution in [0.1, 0.15) is 54.1 Å². The van der Waals surface area contributed by atoms with E-state index < -0.39 is 5.97 Å². The third-order valence-electron chi connectivity index (χ3n) is 5.40. The second kappa shape index (κ2) is 11.3. The average molecular weight is 439 g/mol. The Hall–Kier alpha value is -3.32. The summed E-state index contributed by atoms with van der Waals surface area (Å²) in [7, 11) is 0. The predicted octanol–water partition coefficient (Wildman–Crippen LogP) is 4.11. The van der Waals surface area contributed by atoms with Crippen LogP contribution in [-0.2, 0) is 25.6 Å². The molecule has 1 fully saturated rings. The molecule has 170 valence electrons. The third-order valence-corrected chi connectivity index (χ3v) is 5.40. The van der Waals surface area contributed by atoms with Gasteiger partial charge in [-0.25, -0.2) is 9.59 Å². The fourth-order valence-corrected chi connectivity index (χ4v) is 3.61. The maximum atomic E-state index is 12.4. The summed E-state index contributed by atoms with van der Waals surface area (Å²) in [5, 5.41) is 0. The maximum absolute atomic E-state index is 12.4. The number of nitrogen functional groups attached to an aromatic ring is 2. The number of ether oxygens (including phenoxy) is 3. The zero-order valence-electron chi connectivity index (χ0n) is 18.3. The van der Waals surface area contributed by atoms with Crippen LogP contribution in [0, 0.1) is 0 Å². The largest absolute Gasteiger partial charge is 0.459 e. The van der Waals surface area contributed by atoms with Gasteiger partial charge in [0.15, 0.2) is 0 Å². The lowest BCUT2D eigenvalue weighted by Crippen LogP contribution is -2.28. The lowest BCUT2D eigenvalue weighted by Gasteiger charge is -2.28. The molecule has 0 spiro atoms. The lowest BCUT2D eigenvalue weighted by atomic mass is 9.95. The van der Waals surface area contributed by atoms with Gasteiger partial charge in [0, 0.05) is 29.6 Å². The second-order valence-corrected chi connectivity index (χ2v) is 7.78.